The van der Waals surface area contributed by atoms with Gasteiger partial charge in [-0.05, 0) is 31.2 Å². The molecule has 0 heterocycles. The van der Waals surface area contributed by atoms with Crippen molar-refractivity contribution in [2.45, 2.75) is 13.3 Å². The quantitative estimate of drug-likeness (QED) is 0.763. The topological polar surface area (TPSA) is 56.8 Å². The van der Waals surface area contributed by atoms with E-state index in [0.717, 1.165) is 12.1 Å². The number of carbonyl (C=O) groups excluding carboxylic acids is 1. The molecule has 2 aromatic rings. The summed E-state index contributed by atoms with van der Waals surface area (Å²) in [5.74, 6) is -0.470. The fraction of sp³-hybridized carbons (Fsp3) is 0.235. The first-order chi connectivity index (χ1) is 12.2. The highest BCUT2D eigenvalue weighted by molar-refractivity contribution is 6.32. The second-order valence-electron chi connectivity index (χ2n) is 4.95. The Morgan fingerprint density at radius 2 is 1.96 bits per heavy atom. The van der Waals surface area contributed by atoms with Gasteiger partial charge < -0.3 is 19.5 Å². The van der Waals surface area contributed by atoms with E-state index in [9.17, 15) is 18.0 Å². The van der Waals surface area contributed by atoms with E-state index in [-0.39, 0.29) is 22.0 Å². The van der Waals surface area contributed by atoms with Gasteiger partial charge in [0.25, 0.3) is 5.91 Å². The first kappa shape index (κ1) is 19.7. The van der Waals surface area contributed by atoms with Gasteiger partial charge in [0, 0.05) is 17.3 Å². The summed E-state index contributed by atoms with van der Waals surface area (Å²) < 4.78 is 51.2. The van der Waals surface area contributed by atoms with E-state index >= 15 is 0 Å². The molecule has 0 aliphatic heterocycles. The molecule has 140 valence electrons. The Morgan fingerprint density at radius 3 is 2.58 bits per heavy atom. The SMILES string of the molecule is CCOc1c(Cl)cc(C(=O)Nc2cccc(OC(F)(F)F)c2)cc1OC. The van der Waals surface area contributed by atoms with Crippen molar-refractivity contribution in [1.82, 2.24) is 0 Å². The van der Waals surface area contributed by atoms with E-state index in [1.165, 1.54) is 31.4 Å². The molecule has 0 fully saturated rings. The van der Waals surface area contributed by atoms with Crippen molar-refractivity contribution < 1.29 is 32.2 Å². The molecule has 1 N–H and O–H groups in total. The Kier molecular flexibility index (Phi) is 6.20. The fourth-order valence-electron chi connectivity index (χ4n) is 2.11. The number of hydrogen-bond donors (Lipinski definition) is 1. The van der Waals surface area contributed by atoms with Crippen LogP contribution in [0, 0.1) is 0 Å². The molecule has 0 saturated heterocycles. The van der Waals surface area contributed by atoms with Gasteiger partial charge in [0.2, 0.25) is 0 Å². The van der Waals surface area contributed by atoms with Crippen LogP contribution in [-0.4, -0.2) is 26.0 Å². The highest BCUT2D eigenvalue weighted by atomic mass is 35.5. The number of ether oxygens (including phenoxy) is 3. The molecule has 0 unspecified atom stereocenters. The number of carbonyl (C=O) groups is 1. The summed E-state index contributed by atoms with van der Waals surface area (Å²) in [7, 11) is 1.40. The molecule has 9 heteroatoms. The third-order valence-electron chi connectivity index (χ3n) is 3.11. The van der Waals surface area contributed by atoms with E-state index < -0.39 is 18.0 Å². The van der Waals surface area contributed by atoms with Gasteiger partial charge >= 0.3 is 6.36 Å². The second kappa shape index (κ2) is 8.18. The van der Waals surface area contributed by atoms with Crippen LogP contribution < -0.4 is 19.5 Å². The summed E-state index contributed by atoms with van der Waals surface area (Å²) in [5, 5.41) is 2.64. The molecule has 0 saturated carbocycles. The molecule has 2 rings (SSSR count). The molecule has 5 nitrogen and oxygen atoms in total. The van der Waals surface area contributed by atoms with Crippen molar-refractivity contribution in [3.05, 3.63) is 47.0 Å². The number of nitrogens with one attached hydrogen (secondary N) is 1. The van der Waals surface area contributed by atoms with E-state index in [1.54, 1.807) is 6.92 Å². The van der Waals surface area contributed by atoms with Crippen LogP contribution >= 0.6 is 11.6 Å². The summed E-state index contributed by atoms with van der Waals surface area (Å²) in [5.41, 5.74) is 0.276. The summed E-state index contributed by atoms with van der Waals surface area (Å²) in [6, 6.07) is 7.72. The first-order valence-corrected chi connectivity index (χ1v) is 7.78. The second-order valence-corrected chi connectivity index (χ2v) is 5.36. The molecular weight excluding hydrogens is 375 g/mol. The minimum absolute atomic E-state index is 0.126. The number of methoxy groups -OCH3 is 1. The van der Waals surface area contributed by atoms with Crippen LogP contribution in [0.4, 0.5) is 18.9 Å². The Bertz CT molecular complexity index is 796. The maximum Gasteiger partial charge on any atom is 0.573 e. The van der Waals surface area contributed by atoms with E-state index in [0.29, 0.717) is 12.4 Å². The predicted molar refractivity (Wildman–Crippen MR) is 90.3 cm³/mol. The van der Waals surface area contributed by atoms with E-state index in [4.69, 9.17) is 21.1 Å². The lowest BCUT2D eigenvalue weighted by atomic mass is 10.1. The third-order valence-corrected chi connectivity index (χ3v) is 3.39. The zero-order chi connectivity index (χ0) is 19.3. The van der Waals surface area contributed by atoms with Crippen LogP contribution in [0.1, 0.15) is 17.3 Å². The van der Waals surface area contributed by atoms with Crippen LogP contribution in [0.15, 0.2) is 36.4 Å². The predicted octanol–water partition coefficient (Wildman–Crippen LogP) is 4.90. The van der Waals surface area contributed by atoms with Gasteiger partial charge in [0.05, 0.1) is 18.7 Å². The molecule has 0 aromatic heterocycles. The molecular formula is C17H15ClF3NO4. The van der Waals surface area contributed by atoms with Gasteiger partial charge in [-0.1, -0.05) is 17.7 Å². The van der Waals surface area contributed by atoms with Crippen molar-refractivity contribution in [3.8, 4) is 17.2 Å². The number of alkyl halides is 3. The molecule has 0 bridgehead atoms. The average Bonchev–Trinajstić information content (AvgIpc) is 2.55. The lowest BCUT2D eigenvalue weighted by Gasteiger charge is -2.14. The largest absolute Gasteiger partial charge is 0.573 e. The number of anilines is 1. The molecule has 2 aromatic carbocycles. The highest BCUT2D eigenvalue weighted by Gasteiger charge is 2.31. The first-order valence-electron chi connectivity index (χ1n) is 7.41. The van der Waals surface area contributed by atoms with Crippen LogP contribution in [0.25, 0.3) is 0 Å². The summed E-state index contributed by atoms with van der Waals surface area (Å²) in [6.07, 6.45) is -4.82. The minimum Gasteiger partial charge on any atom is -0.493 e. The molecule has 1 amide bonds. The zero-order valence-corrected chi connectivity index (χ0v) is 14.6. The molecule has 0 aliphatic carbocycles. The van der Waals surface area contributed by atoms with Crippen molar-refractivity contribution >= 4 is 23.2 Å². The number of benzene rings is 2. The standard InChI is InChI=1S/C17H15ClF3NO4/c1-3-25-15-13(18)7-10(8-14(15)24-2)16(23)22-11-5-4-6-12(9-11)26-17(19,20)21/h4-9H,3H2,1-2H3,(H,22,23). The minimum atomic E-state index is -4.82. The summed E-state index contributed by atoms with van der Waals surface area (Å²) in [4.78, 5) is 12.4. The van der Waals surface area contributed by atoms with Gasteiger partial charge in [0.1, 0.15) is 5.75 Å². The maximum atomic E-state index is 12.4. The molecule has 0 radical (unpaired) electrons. The van der Waals surface area contributed by atoms with Crippen LogP contribution in [0.2, 0.25) is 5.02 Å². The number of hydrogen-bond acceptors (Lipinski definition) is 4. The Morgan fingerprint density at radius 1 is 1.23 bits per heavy atom. The number of rotatable bonds is 6. The maximum absolute atomic E-state index is 12.4. The number of halogens is 4. The normalized spacial score (nSPS) is 11.0. The van der Waals surface area contributed by atoms with Crippen molar-refractivity contribution in [2.24, 2.45) is 0 Å². The monoisotopic (exact) mass is 389 g/mol. The van der Waals surface area contributed by atoms with Gasteiger partial charge in [-0.3, -0.25) is 4.79 Å². The van der Waals surface area contributed by atoms with Crippen molar-refractivity contribution in [1.29, 1.82) is 0 Å². The van der Waals surface area contributed by atoms with Crippen LogP contribution in [-0.2, 0) is 0 Å². The van der Waals surface area contributed by atoms with Crippen molar-refractivity contribution in [2.75, 3.05) is 19.0 Å². The smallest absolute Gasteiger partial charge is 0.493 e. The van der Waals surface area contributed by atoms with E-state index in [2.05, 4.69) is 10.1 Å². The molecule has 0 aliphatic rings. The lowest BCUT2D eigenvalue weighted by Crippen LogP contribution is -2.17. The highest BCUT2D eigenvalue weighted by Crippen LogP contribution is 2.36. The van der Waals surface area contributed by atoms with Gasteiger partial charge in [-0.15, -0.1) is 13.2 Å². The van der Waals surface area contributed by atoms with Crippen LogP contribution in [0.5, 0.6) is 17.2 Å². The fourth-order valence-corrected chi connectivity index (χ4v) is 2.37. The molecule has 0 spiro atoms. The van der Waals surface area contributed by atoms with Gasteiger partial charge in [-0.25, -0.2) is 0 Å². The van der Waals surface area contributed by atoms with Gasteiger partial charge in [-0.2, -0.15) is 0 Å². The lowest BCUT2D eigenvalue weighted by molar-refractivity contribution is -0.274. The third kappa shape index (κ3) is 5.19. The Hall–Kier alpha value is -2.61. The average molecular weight is 390 g/mol. The zero-order valence-electron chi connectivity index (χ0n) is 13.8. The summed E-state index contributed by atoms with van der Waals surface area (Å²) >= 11 is 6.11. The van der Waals surface area contributed by atoms with Crippen molar-refractivity contribution in [3.63, 3.8) is 0 Å². The molecule has 26 heavy (non-hydrogen) atoms. The molecule has 0 atom stereocenters. The Labute approximate surface area is 152 Å². The van der Waals surface area contributed by atoms with Gasteiger partial charge in [0.15, 0.2) is 11.5 Å². The van der Waals surface area contributed by atoms with Crippen LogP contribution in [0.3, 0.4) is 0 Å². The summed E-state index contributed by atoms with van der Waals surface area (Å²) in [6.45, 7) is 2.13. The van der Waals surface area contributed by atoms with E-state index in [1.807, 2.05) is 0 Å². The number of amides is 1. The Balaban J connectivity index is 2.22.